The summed E-state index contributed by atoms with van der Waals surface area (Å²) in [4.78, 5) is 24.9. The fraction of sp³-hybridized carbons (Fsp3) is 0.320. The van der Waals surface area contributed by atoms with E-state index in [-0.39, 0.29) is 24.2 Å². The highest BCUT2D eigenvalue weighted by atomic mass is 16.5. The average Bonchev–Trinajstić information content (AvgIpc) is 3.44. The van der Waals surface area contributed by atoms with Crippen LogP contribution in [0.2, 0.25) is 0 Å². The molecule has 4 rings (SSSR count). The van der Waals surface area contributed by atoms with Gasteiger partial charge in [0.1, 0.15) is 0 Å². The van der Waals surface area contributed by atoms with E-state index in [9.17, 15) is 9.59 Å². The van der Waals surface area contributed by atoms with Gasteiger partial charge in [-0.25, -0.2) is 9.48 Å². The van der Waals surface area contributed by atoms with Gasteiger partial charge < -0.3 is 10.1 Å². The fourth-order valence-corrected chi connectivity index (χ4v) is 4.03. The predicted octanol–water partition coefficient (Wildman–Crippen LogP) is 4.70. The molecule has 0 bridgehead atoms. The molecule has 3 aromatic rings. The highest BCUT2D eigenvalue weighted by Crippen LogP contribution is 2.27. The summed E-state index contributed by atoms with van der Waals surface area (Å²) in [5, 5.41) is 7.63. The molecule has 1 fully saturated rings. The number of esters is 1. The Morgan fingerprint density at radius 3 is 2.48 bits per heavy atom. The summed E-state index contributed by atoms with van der Waals surface area (Å²) in [6.07, 6.45) is 4.45. The number of amides is 1. The van der Waals surface area contributed by atoms with Gasteiger partial charge in [-0.15, -0.1) is 0 Å². The Hall–Kier alpha value is -3.41. The summed E-state index contributed by atoms with van der Waals surface area (Å²) in [6, 6.07) is 17.3. The molecule has 31 heavy (non-hydrogen) atoms. The molecular weight excluding hydrogens is 390 g/mol. The van der Waals surface area contributed by atoms with Crippen molar-refractivity contribution in [1.29, 1.82) is 0 Å². The van der Waals surface area contributed by atoms with E-state index in [1.807, 2.05) is 43.3 Å². The lowest BCUT2D eigenvalue weighted by Gasteiger charge is -2.13. The average molecular weight is 418 g/mol. The number of ether oxygens (including phenoxy) is 1. The number of nitrogens with one attached hydrogen (secondary N) is 1. The van der Waals surface area contributed by atoms with Crippen LogP contribution in [0.1, 0.15) is 59.0 Å². The van der Waals surface area contributed by atoms with Crippen molar-refractivity contribution < 1.29 is 14.3 Å². The van der Waals surface area contributed by atoms with Crippen LogP contribution in [0, 0.1) is 6.92 Å². The zero-order valence-corrected chi connectivity index (χ0v) is 17.9. The minimum Gasteiger partial charge on any atom is -0.461 e. The molecule has 0 unspecified atom stereocenters. The van der Waals surface area contributed by atoms with Crippen molar-refractivity contribution in [3.63, 3.8) is 0 Å². The largest absolute Gasteiger partial charge is 0.461 e. The third kappa shape index (κ3) is 4.53. The Morgan fingerprint density at radius 1 is 1.10 bits per heavy atom. The molecule has 0 spiro atoms. The van der Waals surface area contributed by atoms with Gasteiger partial charge in [-0.3, -0.25) is 4.79 Å². The van der Waals surface area contributed by atoms with Crippen LogP contribution in [0.25, 0.3) is 16.9 Å². The molecule has 1 heterocycles. The van der Waals surface area contributed by atoms with Crippen molar-refractivity contribution in [2.45, 2.75) is 45.6 Å². The van der Waals surface area contributed by atoms with Crippen molar-refractivity contribution in [2.75, 3.05) is 6.61 Å². The standard InChI is InChI=1S/C25H27N3O3/c1-3-31-25(30)22-16-23(21-11-7-4-8-17(21)2)28(27-22)20-14-12-18(13-15-20)24(29)26-19-9-5-6-10-19/h4,7-8,11-16,19H,3,5-6,9-10H2,1-2H3,(H,26,29). The maximum atomic E-state index is 12.6. The van der Waals surface area contributed by atoms with Gasteiger partial charge in [-0.05, 0) is 62.6 Å². The lowest BCUT2D eigenvalue weighted by Crippen LogP contribution is -2.32. The maximum Gasteiger partial charge on any atom is 0.358 e. The number of aromatic nitrogens is 2. The van der Waals surface area contributed by atoms with Gasteiger partial charge in [0.25, 0.3) is 5.91 Å². The SMILES string of the molecule is CCOC(=O)c1cc(-c2ccccc2C)n(-c2ccc(C(=O)NC3CCCC3)cc2)n1. The van der Waals surface area contributed by atoms with Crippen LogP contribution < -0.4 is 5.32 Å². The van der Waals surface area contributed by atoms with E-state index in [0.717, 1.165) is 35.3 Å². The van der Waals surface area contributed by atoms with Gasteiger partial charge in [-0.1, -0.05) is 37.1 Å². The Balaban J connectivity index is 1.66. The van der Waals surface area contributed by atoms with E-state index < -0.39 is 5.97 Å². The zero-order valence-electron chi connectivity index (χ0n) is 17.9. The number of hydrogen-bond donors (Lipinski definition) is 1. The van der Waals surface area contributed by atoms with E-state index >= 15 is 0 Å². The van der Waals surface area contributed by atoms with E-state index in [4.69, 9.17) is 4.74 Å². The summed E-state index contributed by atoms with van der Waals surface area (Å²) >= 11 is 0. The van der Waals surface area contributed by atoms with Gasteiger partial charge in [0, 0.05) is 17.2 Å². The number of rotatable bonds is 6. The first kappa shape index (κ1) is 20.8. The van der Waals surface area contributed by atoms with Gasteiger partial charge >= 0.3 is 5.97 Å². The zero-order chi connectivity index (χ0) is 21.8. The molecule has 0 radical (unpaired) electrons. The van der Waals surface area contributed by atoms with Gasteiger partial charge in [0.15, 0.2) is 5.69 Å². The van der Waals surface area contributed by atoms with Crippen LogP contribution in [0.5, 0.6) is 0 Å². The second-order valence-electron chi connectivity index (χ2n) is 7.86. The molecule has 160 valence electrons. The van der Waals surface area contributed by atoms with Crippen molar-refractivity contribution in [1.82, 2.24) is 15.1 Å². The number of benzene rings is 2. The van der Waals surface area contributed by atoms with Crippen LogP contribution in [0.15, 0.2) is 54.6 Å². The number of nitrogens with zero attached hydrogens (tertiary/aromatic N) is 2. The second-order valence-corrected chi connectivity index (χ2v) is 7.86. The first-order valence-electron chi connectivity index (χ1n) is 10.8. The summed E-state index contributed by atoms with van der Waals surface area (Å²) in [5.74, 6) is -0.506. The second kappa shape index (κ2) is 9.16. The molecule has 1 aliphatic carbocycles. The van der Waals surface area contributed by atoms with Crippen molar-refractivity contribution in [3.05, 3.63) is 71.4 Å². The number of hydrogen-bond acceptors (Lipinski definition) is 4. The highest BCUT2D eigenvalue weighted by Gasteiger charge is 2.20. The van der Waals surface area contributed by atoms with E-state index in [1.54, 1.807) is 29.8 Å². The molecule has 0 saturated heterocycles. The molecule has 6 heteroatoms. The van der Waals surface area contributed by atoms with Gasteiger partial charge in [0.2, 0.25) is 0 Å². The molecule has 1 amide bonds. The first-order chi connectivity index (χ1) is 15.1. The minimum absolute atomic E-state index is 0.0507. The lowest BCUT2D eigenvalue weighted by molar-refractivity contribution is 0.0518. The number of aryl methyl sites for hydroxylation is 1. The molecular formula is C25H27N3O3. The Bertz CT molecular complexity index is 1080. The summed E-state index contributed by atoms with van der Waals surface area (Å²) in [7, 11) is 0. The van der Waals surface area contributed by atoms with Gasteiger partial charge in [0.05, 0.1) is 18.0 Å². The fourth-order valence-electron chi connectivity index (χ4n) is 4.03. The third-order valence-corrected chi connectivity index (χ3v) is 5.68. The van der Waals surface area contributed by atoms with Crippen molar-refractivity contribution >= 4 is 11.9 Å². The van der Waals surface area contributed by atoms with E-state index in [2.05, 4.69) is 10.4 Å². The third-order valence-electron chi connectivity index (χ3n) is 5.68. The van der Waals surface area contributed by atoms with Crippen LogP contribution in [-0.2, 0) is 4.74 Å². The molecule has 0 aliphatic heterocycles. The smallest absolute Gasteiger partial charge is 0.358 e. The lowest BCUT2D eigenvalue weighted by atomic mass is 10.1. The van der Waals surface area contributed by atoms with Crippen LogP contribution in [-0.4, -0.2) is 34.3 Å². The van der Waals surface area contributed by atoms with Crippen molar-refractivity contribution in [2.24, 2.45) is 0 Å². The van der Waals surface area contributed by atoms with Crippen LogP contribution in [0.4, 0.5) is 0 Å². The Kier molecular flexibility index (Phi) is 6.16. The minimum atomic E-state index is -0.455. The molecule has 2 aromatic carbocycles. The van der Waals surface area contributed by atoms with Gasteiger partial charge in [-0.2, -0.15) is 5.10 Å². The normalized spacial score (nSPS) is 13.9. The maximum absolute atomic E-state index is 12.6. The summed E-state index contributed by atoms with van der Waals surface area (Å²) in [6.45, 7) is 4.08. The number of carbonyl (C=O) groups is 2. The topological polar surface area (TPSA) is 73.2 Å². The number of carbonyl (C=O) groups excluding carboxylic acids is 2. The molecule has 0 atom stereocenters. The first-order valence-corrected chi connectivity index (χ1v) is 10.8. The Labute approximate surface area is 182 Å². The van der Waals surface area contributed by atoms with E-state index in [0.29, 0.717) is 5.56 Å². The van der Waals surface area contributed by atoms with Crippen molar-refractivity contribution in [3.8, 4) is 16.9 Å². The summed E-state index contributed by atoms with van der Waals surface area (Å²) < 4.78 is 6.87. The molecule has 1 saturated carbocycles. The molecule has 6 nitrogen and oxygen atoms in total. The van der Waals surface area contributed by atoms with Crippen LogP contribution in [0.3, 0.4) is 0 Å². The monoisotopic (exact) mass is 417 g/mol. The molecule has 1 aliphatic rings. The van der Waals surface area contributed by atoms with E-state index in [1.165, 1.54) is 12.8 Å². The highest BCUT2D eigenvalue weighted by molar-refractivity contribution is 5.94. The summed E-state index contributed by atoms with van der Waals surface area (Å²) in [5.41, 5.74) is 4.49. The van der Waals surface area contributed by atoms with Crippen LogP contribution >= 0.6 is 0 Å². The molecule has 1 N–H and O–H groups in total. The quantitative estimate of drug-likeness (QED) is 0.590. The molecule has 1 aromatic heterocycles. The Morgan fingerprint density at radius 2 is 1.81 bits per heavy atom. The predicted molar refractivity (Wildman–Crippen MR) is 119 cm³/mol.